The molecule has 0 aliphatic rings. The molecule has 1 heterocycles. The maximum Gasteiger partial charge on any atom is 0.243 e. The van der Waals surface area contributed by atoms with Gasteiger partial charge in [0.1, 0.15) is 0 Å². The summed E-state index contributed by atoms with van der Waals surface area (Å²) in [5.41, 5.74) is 0.541. The molecule has 0 saturated heterocycles. The Labute approximate surface area is 71.1 Å². The molecular weight excluding hydrogens is 156 g/mol. The smallest absolute Gasteiger partial charge is 0.243 e. The van der Waals surface area contributed by atoms with Crippen LogP contribution < -0.4 is 4.74 Å². The Bertz CT molecular complexity index is 291. The average Bonchev–Trinajstić information content (AvgIpc) is 2.32. The molecule has 4 heteroatoms. The zero-order valence-corrected chi connectivity index (χ0v) is 7.50. The lowest BCUT2D eigenvalue weighted by Crippen LogP contribution is -1.98. The van der Waals surface area contributed by atoms with Gasteiger partial charge >= 0.3 is 0 Å². The van der Waals surface area contributed by atoms with Crippen LogP contribution in [0.2, 0.25) is 0 Å². The highest BCUT2D eigenvalue weighted by atomic mass is 16.5. The molecule has 0 bridgehead atoms. The second kappa shape index (κ2) is 3.38. The molecule has 0 radical (unpaired) electrons. The summed E-state index contributed by atoms with van der Waals surface area (Å²) in [4.78, 5) is 11.0. The van der Waals surface area contributed by atoms with Crippen molar-refractivity contribution in [3.8, 4) is 5.88 Å². The van der Waals surface area contributed by atoms with Gasteiger partial charge < -0.3 is 4.74 Å². The normalized spacial score (nSPS) is 9.92. The summed E-state index contributed by atoms with van der Waals surface area (Å²) in [5, 5.41) is 4.00. The number of aryl methyl sites for hydroxylation is 1. The van der Waals surface area contributed by atoms with Gasteiger partial charge in [0.2, 0.25) is 5.88 Å². The van der Waals surface area contributed by atoms with Gasteiger partial charge in [0.25, 0.3) is 0 Å². The molecule has 0 saturated carbocycles. The van der Waals surface area contributed by atoms with Crippen molar-refractivity contribution in [3.63, 3.8) is 0 Å². The minimum absolute atomic E-state index is 0.0217. The first kappa shape index (κ1) is 8.77. The van der Waals surface area contributed by atoms with Crippen LogP contribution >= 0.6 is 0 Å². The molecule has 1 aromatic heterocycles. The molecule has 0 unspecified atom stereocenters. The van der Waals surface area contributed by atoms with Crippen molar-refractivity contribution in [3.05, 3.63) is 11.8 Å². The third-order valence-electron chi connectivity index (χ3n) is 1.46. The number of aromatic nitrogens is 2. The minimum atomic E-state index is -0.0217. The quantitative estimate of drug-likeness (QED) is 0.633. The van der Waals surface area contributed by atoms with E-state index in [1.54, 1.807) is 17.9 Å². The standard InChI is InChI=1S/C8H12N2O2/c1-4-12-8-7(6(2)11)5-10(3)9-8/h5H,4H2,1-3H3. The van der Waals surface area contributed by atoms with Crippen LogP contribution in [0.15, 0.2) is 6.20 Å². The summed E-state index contributed by atoms with van der Waals surface area (Å²) in [6.07, 6.45) is 1.66. The van der Waals surface area contributed by atoms with E-state index in [1.165, 1.54) is 6.92 Å². The Morgan fingerprint density at radius 3 is 2.92 bits per heavy atom. The predicted molar refractivity (Wildman–Crippen MR) is 44.4 cm³/mol. The number of ketones is 1. The van der Waals surface area contributed by atoms with Crippen LogP contribution in [0.3, 0.4) is 0 Å². The summed E-state index contributed by atoms with van der Waals surface area (Å²) in [6, 6.07) is 0. The second-order valence-corrected chi connectivity index (χ2v) is 2.51. The number of Topliss-reactive ketones (excluding diaryl/α,β-unsaturated/α-hetero) is 1. The van der Waals surface area contributed by atoms with Crippen LogP contribution in [0.25, 0.3) is 0 Å². The lowest BCUT2D eigenvalue weighted by atomic mass is 10.2. The van der Waals surface area contributed by atoms with Gasteiger partial charge in [0, 0.05) is 13.2 Å². The maximum atomic E-state index is 11.0. The first-order chi connectivity index (χ1) is 5.65. The van der Waals surface area contributed by atoms with Crippen molar-refractivity contribution in [2.75, 3.05) is 6.61 Å². The topological polar surface area (TPSA) is 44.1 Å². The molecule has 66 valence electrons. The van der Waals surface area contributed by atoms with Crippen molar-refractivity contribution in [1.29, 1.82) is 0 Å². The highest BCUT2D eigenvalue weighted by Gasteiger charge is 2.11. The van der Waals surface area contributed by atoms with E-state index in [2.05, 4.69) is 5.10 Å². The fourth-order valence-corrected chi connectivity index (χ4v) is 0.953. The molecule has 0 N–H and O–H groups in total. The second-order valence-electron chi connectivity index (χ2n) is 2.51. The van der Waals surface area contributed by atoms with E-state index in [1.807, 2.05) is 6.92 Å². The van der Waals surface area contributed by atoms with E-state index in [9.17, 15) is 4.79 Å². The molecular formula is C8H12N2O2. The van der Waals surface area contributed by atoms with Crippen LogP contribution in [0.4, 0.5) is 0 Å². The third kappa shape index (κ3) is 1.64. The van der Waals surface area contributed by atoms with Crippen LogP contribution in [-0.4, -0.2) is 22.2 Å². The fourth-order valence-electron chi connectivity index (χ4n) is 0.953. The number of hydrogen-bond acceptors (Lipinski definition) is 3. The molecule has 12 heavy (non-hydrogen) atoms. The largest absolute Gasteiger partial charge is 0.476 e. The summed E-state index contributed by atoms with van der Waals surface area (Å²) in [5.74, 6) is 0.402. The minimum Gasteiger partial charge on any atom is -0.476 e. The van der Waals surface area contributed by atoms with Crippen molar-refractivity contribution in [2.45, 2.75) is 13.8 Å². The van der Waals surface area contributed by atoms with Crippen molar-refractivity contribution in [2.24, 2.45) is 7.05 Å². The van der Waals surface area contributed by atoms with Crippen LogP contribution in [0, 0.1) is 0 Å². The maximum absolute atomic E-state index is 11.0. The summed E-state index contributed by atoms with van der Waals surface area (Å²) in [7, 11) is 1.76. The van der Waals surface area contributed by atoms with E-state index in [0.29, 0.717) is 18.1 Å². The molecule has 0 atom stereocenters. The lowest BCUT2D eigenvalue weighted by molar-refractivity contribution is 0.101. The summed E-state index contributed by atoms with van der Waals surface area (Å²) < 4.78 is 6.74. The SMILES string of the molecule is CCOc1nn(C)cc1C(C)=O. The number of hydrogen-bond donors (Lipinski definition) is 0. The van der Waals surface area contributed by atoms with Gasteiger partial charge in [-0.15, -0.1) is 5.10 Å². The number of carbonyl (C=O) groups is 1. The third-order valence-corrected chi connectivity index (χ3v) is 1.46. The predicted octanol–water partition coefficient (Wildman–Crippen LogP) is 1.02. The Hall–Kier alpha value is -1.32. The number of carbonyl (C=O) groups excluding carboxylic acids is 1. The molecule has 1 rings (SSSR count). The molecule has 4 nitrogen and oxygen atoms in total. The van der Waals surface area contributed by atoms with E-state index in [-0.39, 0.29) is 5.78 Å². The first-order valence-corrected chi connectivity index (χ1v) is 3.82. The van der Waals surface area contributed by atoms with Crippen molar-refractivity contribution >= 4 is 5.78 Å². The Kier molecular flexibility index (Phi) is 2.47. The van der Waals surface area contributed by atoms with Crippen LogP contribution in [-0.2, 0) is 7.05 Å². The molecule has 0 amide bonds. The summed E-state index contributed by atoms with van der Waals surface area (Å²) in [6.45, 7) is 3.88. The number of rotatable bonds is 3. The Morgan fingerprint density at radius 2 is 2.42 bits per heavy atom. The monoisotopic (exact) mass is 168 g/mol. The molecule has 0 aliphatic carbocycles. The Balaban J connectivity index is 2.99. The van der Waals surface area contributed by atoms with Gasteiger partial charge in [-0.3, -0.25) is 9.48 Å². The van der Waals surface area contributed by atoms with Crippen molar-refractivity contribution < 1.29 is 9.53 Å². The van der Waals surface area contributed by atoms with E-state index in [4.69, 9.17) is 4.74 Å². The van der Waals surface area contributed by atoms with Gasteiger partial charge in [-0.1, -0.05) is 0 Å². The highest BCUT2D eigenvalue weighted by molar-refractivity contribution is 5.96. The van der Waals surface area contributed by atoms with Crippen LogP contribution in [0.1, 0.15) is 24.2 Å². The van der Waals surface area contributed by atoms with Crippen LogP contribution in [0.5, 0.6) is 5.88 Å². The zero-order valence-electron chi connectivity index (χ0n) is 7.50. The first-order valence-electron chi connectivity index (χ1n) is 3.82. The molecule has 1 aromatic rings. The van der Waals surface area contributed by atoms with Gasteiger partial charge in [-0.25, -0.2) is 0 Å². The molecule has 0 fully saturated rings. The molecule has 0 spiro atoms. The Morgan fingerprint density at radius 1 is 1.75 bits per heavy atom. The van der Waals surface area contributed by atoms with Gasteiger partial charge in [-0.05, 0) is 13.8 Å². The fraction of sp³-hybridized carbons (Fsp3) is 0.500. The summed E-state index contributed by atoms with van der Waals surface area (Å²) >= 11 is 0. The number of ether oxygens (including phenoxy) is 1. The van der Waals surface area contributed by atoms with Gasteiger partial charge in [0.05, 0.1) is 12.2 Å². The van der Waals surface area contributed by atoms with E-state index >= 15 is 0 Å². The zero-order chi connectivity index (χ0) is 9.14. The van der Waals surface area contributed by atoms with Gasteiger partial charge in [-0.2, -0.15) is 0 Å². The van der Waals surface area contributed by atoms with E-state index in [0.717, 1.165) is 0 Å². The average molecular weight is 168 g/mol. The van der Waals surface area contributed by atoms with E-state index < -0.39 is 0 Å². The number of nitrogens with zero attached hydrogens (tertiary/aromatic N) is 2. The molecule has 0 aliphatic heterocycles. The van der Waals surface area contributed by atoms with Crippen molar-refractivity contribution in [1.82, 2.24) is 9.78 Å². The lowest BCUT2D eigenvalue weighted by Gasteiger charge is -1.98. The molecule has 0 aromatic carbocycles. The highest BCUT2D eigenvalue weighted by Crippen LogP contribution is 2.15. The van der Waals surface area contributed by atoms with Gasteiger partial charge in [0.15, 0.2) is 5.78 Å².